The first kappa shape index (κ1) is 21.1. The fourth-order valence-corrected chi connectivity index (χ4v) is 3.94. The summed E-state index contributed by atoms with van der Waals surface area (Å²) in [5.74, 6) is 0.220. The minimum Gasteiger partial charge on any atom is -0.497 e. The first-order valence-electron chi connectivity index (χ1n) is 10.5. The minimum absolute atomic E-state index is 0.102. The van der Waals surface area contributed by atoms with E-state index >= 15 is 0 Å². The van der Waals surface area contributed by atoms with E-state index in [1.807, 2.05) is 24.3 Å². The number of methoxy groups -OCH3 is 2. The van der Waals surface area contributed by atoms with E-state index in [-0.39, 0.29) is 29.3 Å². The predicted molar refractivity (Wildman–Crippen MR) is 114 cm³/mol. The highest BCUT2D eigenvalue weighted by Crippen LogP contribution is 2.41. The number of nitrogens with one attached hydrogen (secondary N) is 1. The number of hydrogen-bond acceptors (Lipinski definition) is 5. The van der Waals surface area contributed by atoms with Gasteiger partial charge in [-0.1, -0.05) is 12.1 Å². The number of ether oxygens (including phenoxy) is 2. The van der Waals surface area contributed by atoms with Crippen LogP contribution in [-0.2, 0) is 4.74 Å². The van der Waals surface area contributed by atoms with Gasteiger partial charge in [-0.25, -0.2) is 0 Å². The van der Waals surface area contributed by atoms with Gasteiger partial charge >= 0.3 is 0 Å². The van der Waals surface area contributed by atoms with Crippen LogP contribution in [0.4, 0.5) is 0 Å². The van der Waals surface area contributed by atoms with Crippen molar-refractivity contribution in [2.45, 2.75) is 25.3 Å². The van der Waals surface area contributed by atoms with Crippen LogP contribution in [0.5, 0.6) is 5.75 Å². The molecule has 1 atom stereocenters. The van der Waals surface area contributed by atoms with Gasteiger partial charge < -0.3 is 14.8 Å². The number of carbonyl (C=O) groups excluding carboxylic acids is 3. The highest BCUT2D eigenvalue weighted by atomic mass is 16.5. The van der Waals surface area contributed by atoms with E-state index in [1.54, 1.807) is 26.4 Å². The number of fused-ring (bicyclic) bond motifs is 1. The average Bonchev–Trinajstić information content (AvgIpc) is 3.61. The second-order valence-electron chi connectivity index (χ2n) is 7.93. The molecule has 1 aliphatic heterocycles. The molecule has 0 saturated heterocycles. The largest absolute Gasteiger partial charge is 0.497 e. The quantitative estimate of drug-likeness (QED) is 0.496. The van der Waals surface area contributed by atoms with Crippen LogP contribution in [0.1, 0.15) is 61.9 Å². The van der Waals surface area contributed by atoms with E-state index in [1.165, 1.54) is 11.0 Å². The van der Waals surface area contributed by atoms with Gasteiger partial charge in [0.15, 0.2) is 0 Å². The first-order chi connectivity index (χ1) is 15.0. The van der Waals surface area contributed by atoms with Gasteiger partial charge in [0, 0.05) is 25.8 Å². The molecule has 0 aromatic heterocycles. The van der Waals surface area contributed by atoms with Crippen molar-refractivity contribution in [3.63, 3.8) is 0 Å². The molecule has 1 aliphatic carbocycles. The Labute approximate surface area is 181 Å². The van der Waals surface area contributed by atoms with E-state index in [0.717, 1.165) is 24.2 Å². The summed E-state index contributed by atoms with van der Waals surface area (Å²) < 4.78 is 10.2. The van der Waals surface area contributed by atoms with Crippen molar-refractivity contribution in [1.82, 2.24) is 10.2 Å². The standard InChI is InChI=1S/C24H26N2O5/c1-30-13-3-12-26-23(28)19-11-8-17(14-20(19)24(26)29)22(27)25-21(15-4-5-15)16-6-9-18(31-2)10-7-16/h6-11,14-15,21H,3-5,12-13H2,1-2H3,(H,25,27). The van der Waals surface area contributed by atoms with Crippen LogP contribution in [0.3, 0.4) is 0 Å². The molecule has 162 valence electrons. The fraction of sp³-hybridized carbons (Fsp3) is 0.375. The average molecular weight is 422 g/mol. The molecule has 2 aromatic carbocycles. The fourth-order valence-electron chi connectivity index (χ4n) is 3.94. The summed E-state index contributed by atoms with van der Waals surface area (Å²) in [6.45, 7) is 0.762. The SMILES string of the molecule is COCCCN1C(=O)c2ccc(C(=O)NC(c3ccc(OC)cc3)C3CC3)cc2C1=O. The van der Waals surface area contributed by atoms with Crippen LogP contribution in [-0.4, -0.2) is 50.0 Å². The molecule has 1 fully saturated rings. The van der Waals surface area contributed by atoms with Crippen molar-refractivity contribution in [2.24, 2.45) is 5.92 Å². The molecule has 2 aromatic rings. The molecule has 0 bridgehead atoms. The summed E-state index contributed by atoms with van der Waals surface area (Å²) in [5, 5.41) is 3.11. The molecular weight excluding hydrogens is 396 g/mol. The van der Waals surface area contributed by atoms with Gasteiger partial charge in [0.25, 0.3) is 17.7 Å². The van der Waals surface area contributed by atoms with E-state index in [9.17, 15) is 14.4 Å². The van der Waals surface area contributed by atoms with Gasteiger partial charge in [0.2, 0.25) is 0 Å². The molecule has 4 rings (SSSR count). The zero-order chi connectivity index (χ0) is 22.0. The number of hydrogen-bond donors (Lipinski definition) is 1. The van der Waals surface area contributed by atoms with E-state index < -0.39 is 0 Å². The van der Waals surface area contributed by atoms with E-state index in [2.05, 4.69) is 5.32 Å². The van der Waals surface area contributed by atoms with Gasteiger partial charge in [-0.05, 0) is 61.1 Å². The lowest BCUT2D eigenvalue weighted by molar-refractivity contribution is 0.0638. The molecule has 0 radical (unpaired) electrons. The maximum atomic E-state index is 13.0. The number of rotatable bonds is 9. The van der Waals surface area contributed by atoms with Crippen LogP contribution in [0.2, 0.25) is 0 Å². The van der Waals surface area contributed by atoms with E-state index in [0.29, 0.717) is 36.6 Å². The zero-order valence-corrected chi connectivity index (χ0v) is 17.7. The van der Waals surface area contributed by atoms with Crippen molar-refractivity contribution >= 4 is 17.7 Å². The number of nitrogens with zero attached hydrogens (tertiary/aromatic N) is 1. The van der Waals surface area contributed by atoms with E-state index in [4.69, 9.17) is 9.47 Å². The number of imide groups is 1. The summed E-state index contributed by atoms with van der Waals surface area (Å²) in [7, 11) is 3.20. The summed E-state index contributed by atoms with van der Waals surface area (Å²) in [6, 6.07) is 12.3. The molecule has 7 heteroatoms. The van der Waals surface area contributed by atoms with Crippen molar-refractivity contribution in [3.05, 3.63) is 64.7 Å². The summed E-state index contributed by atoms with van der Waals surface area (Å²) in [6.07, 6.45) is 2.69. The van der Waals surface area contributed by atoms with Crippen LogP contribution < -0.4 is 10.1 Å². The smallest absolute Gasteiger partial charge is 0.261 e. The third-order valence-corrected chi connectivity index (χ3v) is 5.82. The number of benzene rings is 2. The molecule has 7 nitrogen and oxygen atoms in total. The van der Waals surface area contributed by atoms with Crippen LogP contribution in [0, 0.1) is 5.92 Å². The van der Waals surface area contributed by atoms with Gasteiger partial charge in [0.1, 0.15) is 5.75 Å². The number of carbonyl (C=O) groups is 3. The van der Waals surface area contributed by atoms with Gasteiger partial charge in [0.05, 0.1) is 24.3 Å². The molecule has 1 N–H and O–H groups in total. The predicted octanol–water partition coefficient (Wildman–Crippen LogP) is 3.21. The summed E-state index contributed by atoms with van der Waals surface area (Å²) >= 11 is 0. The van der Waals surface area contributed by atoms with Crippen molar-refractivity contribution < 1.29 is 23.9 Å². The molecule has 0 spiro atoms. The normalized spacial score (nSPS) is 16.3. The Hall–Kier alpha value is -3.19. The molecule has 1 saturated carbocycles. The maximum absolute atomic E-state index is 13.0. The third-order valence-electron chi connectivity index (χ3n) is 5.82. The molecule has 1 unspecified atom stereocenters. The second-order valence-corrected chi connectivity index (χ2v) is 7.93. The second kappa shape index (κ2) is 8.89. The van der Waals surface area contributed by atoms with Gasteiger partial charge in [-0.15, -0.1) is 0 Å². The van der Waals surface area contributed by atoms with Crippen molar-refractivity contribution in [2.75, 3.05) is 27.4 Å². The summed E-state index contributed by atoms with van der Waals surface area (Å²) in [5.41, 5.74) is 2.02. The Bertz CT molecular complexity index is 998. The Morgan fingerprint density at radius 3 is 2.42 bits per heavy atom. The highest BCUT2D eigenvalue weighted by Gasteiger charge is 2.37. The molecular formula is C24H26N2O5. The highest BCUT2D eigenvalue weighted by molar-refractivity contribution is 6.22. The molecule has 3 amide bonds. The van der Waals surface area contributed by atoms with Crippen LogP contribution in [0.25, 0.3) is 0 Å². The molecule has 31 heavy (non-hydrogen) atoms. The minimum atomic E-state index is -0.361. The topological polar surface area (TPSA) is 84.9 Å². The van der Waals surface area contributed by atoms with Crippen LogP contribution >= 0.6 is 0 Å². The monoisotopic (exact) mass is 422 g/mol. The van der Waals surface area contributed by atoms with Crippen LogP contribution in [0.15, 0.2) is 42.5 Å². The first-order valence-corrected chi connectivity index (χ1v) is 10.5. The Morgan fingerprint density at radius 1 is 1.06 bits per heavy atom. The third kappa shape index (κ3) is 4.32. The number of amides is 3. The lowest BCUT2D eigenvalue weighted by atomic mass is 10.0. The Kier molecular flexibility index (Phi) is 6.04. The molecule has 1 heterocycles. The van der Waals surface area contributed by atoms with Gasteiger partial charge in [-0.2, -0.15) is 0 Å². The lowest BCUT2D eigenvalue weighted by Crippen LogP contribution is -2.31. The zero-order valence-electron chi connectivity index (χ0n) is 17.7. The lowest BCUT2D eigenvalue weighted by Gasteiger charge is -2.19. The van der Waals surface area contributed by atoms with Crippen molar-refractivity contribution in [3.8, 4) is 5.75 Å². The van der Waals surface area contributed by atoms with Gasteiger partial charge in [-0.3, -0.25) is 19.3 Å². The van der Waals surface area contributed by atoms with Crippen molar-refractivity contribution in [1.29, 1.82) is 0 Å². The molecule has 2 aliphatic rings. The summed E-state index contributed by atoms with van der Waals surface area (Å²) in [4.78, 5) is 39.5. The Morgan fingerprint density at radius 2 is 1.77 bits per heavy atom. The maximum Gasteiger partial charge on any atom is 0.261 e. The Balaban J connectivity index is 1.51.